The van der Waals surface area contributed by atoms with Gasteiger partial charge in [0.2, 0.25) is 23.6 Å². The minimum Gasteiger partial charge on any atom is -0.508 e. The zero-order valence-corrected chi connectivity index (χ0v) is 44.3. The first-order chi connectivity index (χ1) is 33.8. The van der Waals surface area contributed by atoms with Crippen LogP contribution in [-0.2, 0) is 51.0 Å². The lowest BCUT2D eigenvalue weighted by atomic mass is 9.95. The van der Waals surface area contributed by atoms with E-state index in [1.807, 2.05) is 0 Å². The number of rotatable bonds is 16. The second kappa shape index (κ2) is 26.6. The molecule has 0 aliphatic carbocycles. The van der Waals surface area contributed by atoms with Crippen LogP contribution >= 0.6 is 0 Å². The van der Waals surface area contributed by atoms with E-state index in [0.29, 0.717) is 11.1 Å². The van der Waals surface area contributed by atoms with Crippen LogP contribution in [0.4, 0.5) is 19.2 Å². The summed E-state index contributed by atoms with van der Waals surface area (Å²) in [4.78, 5) is 107. The first kappa shape index (κ1) is 60.3. The highest BCUT2D eigenvalue weighted by molar-refractivity contribution is 5.94. The molecule has 8 amide bonds. The van der Waals surface area contributed by atoms with Gasteiger partial charge in [-0.3, -0.25) is 19.2 Å². The number of alkyl carbamates (subject to hydrolysis) is 4. The molecule has 0 aromatic heterocycles. The second-order valence-corrected chi connectivity index (χ2v) is 21.7. The monoisotopic (exact) mass is 1030 g/mol. The highest BCUT2D eigenvalue weighted by Crippen LogP contribution is 2.31. The number of hydrogen-bond donors (Lipinski definition) is 10. The van der Waals surface area contributed by atoms with Crippen molar-refractivity contribution in [2.45, 2.75) is 175 Å². The first-order valence-electron chi connectivity index (χ1n) is 24.5. The maximum atomic E-state index is 14.6. The van der Waals surface area contributed by atoms with Crippen LogP contribution in [0.1, 0.15) is 126 Å². The zero-order chi connectivity index (χ0) is 54.9. The number of carbonyl (C=O) groups is 8. The van der Waals surface area contributed by atoms with Crippen LogP contribution in [0, 0.1) is 0 Å². The van der Waals surface area contributed by atoms with Crippen LogP contribution in [0.5, 0.6) is 11.5 Å². The Morgan fingerprint density at radius 3 is 1.55 bits per heavy atom. The fraction of sp³-hybridized carbons (Fsp3) is 0.608. The fourth-order valence-electron chi connectivity index (χ4n) is 7.15. The van der Waals surface area contributed by atoms with E-state index in [1.165, 1.54) is 12.1 Å². The molecule has 0 saturated carbocycles. The van der Waals surface area contributed by atoms with Gasteiger partial charge < -0.3 is 71.7 Å². The van der Waals surface area contributed by atoms with Crippen LogP contribution < -0.4 is 42.5 Å². The van der Waals surface area contributed by atoms with E-state index in [-0.39, 0.29) is 93.8 Å². The third-order valence-electron chi connectivity index (χ3n) is 10.2. The lowest BCUT2D eigenvalue weighted by molar-refractivity contribution is -0.133. The summed E-state index contributed by atoms with van der Waals surface area (Å²) < 4.78 is 21.4. The van der Waals surface area contributed by atoms with E-state index < -0.39 is 94.6 Å². The molecule has 0 spiro atoms. The summed E-state index contributed by atoms with van der Waals surface area (Å²) in [6, 6.07) is 4.06. The van der Waals surface area contributed by atoms with Crippen molar-refractivity contribution in [3.8, 4) is 22.6 Å². The van der Waals surface area contributed by atoms with Gasteiger partial charge in [-0.2, -0.15) is 0 Å². The normalized spacial score (nSPS) is 16.8. The molecule has 3 rings (SSSR count). The van der Waals surface area contributed by atoms with Crippen molar-refractivity contribution in [2.75, 3.05) is 26.2 Å². The van der Waals surface area contributed by atoms with Gasteiger partial charge in [0.25, 0.3) is 0 Å². The first-order valence-corrected chi connectivity index (χ1v) is 24.5. The van der Waals surface area contributed by atoms with Crippen LogP contribution in [0.25, 0.3) is 11.1 Å². The molecule has 1 heterocycles. The number of carbonyl (C=O) groups excluding carboxylic acids is 8. The Hall–Kier alpha value is -7.00. The maximum absolute atomic E-state index is 14.6. The lowest BCUT2D eigenvalue weighted by Gasteiger charge is -2.27. The Morgan fingerprint density at radius 1 is 0.589 bits per heavy atom. The van der Waals surface area contributed by atoms with Crippen LogP contribution in [-0.4, -0.2) is 131 Å². The summed E-state index contributed by atoms with van der Waals surface area (Å²) >= 11 is 0. The van der Waals surface area contributed by atoms with Crippen molar-refractivity contribution in [2.24, 2.45) is 0 Å². The molecule has 10 N–H and O–H groups in total. The highest BCUT2D eigenvalue weighted by atomic mass is 16.6. The maximum Gasteiger partial charge on any atom is 0.408 e. The summed E-state index contributed by atoms with van der Waals surface area (Å²) in [5.74, 6) is -3.40. The van der Waals surface area contributed by atoms with Gasteiger partial charge in [-0.25, -0.2) is 19.2 Å². The average Bonchev–Trinajstić information content (AvgIpc) is 3.23. The van der Waals surface area contributed by atoms with E-state index in [9.17, 15) is 48.6 Å². The quantitative estimate of drug-likeness (QED) is 0.0794. The minimum absolute atomic E-state index is 0.00297. The van der Waals surface area contributed by atoms with Gasteiger partial charge in [0.1, 0.15) is 52.0 Å². The molecule has 2 aromatic carbocycles. The number of fused-ring (bicyclic) bond motifs is 5. The van der Waals surface area contributed by atoms with Crippen molar-refractivity contribution in [3.05, 3.63) is 47.5 Å². The minimum atomic E-state index is -1.47. The number of benzene rings is 2. The molecule has 0 saturated heterocycles. The molecule has 406 valence electrons. The number of hydrogen-bond acceptors (Lipinski definition) is 14. The number of aromatic hydroxyl groups is 2. The summed E-state index contributed by atoms with van der Waals surface area (Å²) in [6.45, 7) is 20.4. The molecule has 4 bridgehead atoms. The predicted octanol–water partition coefficient (Wildman–Crippen LogP) is 4.85. The third kappa shape index (κ3) is 23.9. The Balaban J connectivity index is 2.05. The number of phenolic OH excluding ortho intramolecular Hbond substituents is 2. The SMILES string of the molecule is CC(C)(C)OC(=O)NCCC[C@@H](CC(=O)NCCNC(=O)OC(C)(C)C)NC(=O)[C@@H]1Cc2cc(ccc2O)-c2ccc(O)c(c2)C[C@H](NC(=O)OC(C)(C)C)C(=O)N[C@@H](CCCNC(=O)OC(C)(C)C)C(=O)N1. The standard InChI is InChI=1S/C51H78N8O14/c1-48(2,3)70-44(66)53-21-13-15-34(29-40(62)52-23-24-55-46(68)72-50(7,8)9)56-42(64)36-27-32-25-30(17-19-38(32)60)31-18-20-39(61)33(26-31)28-37(59-47(69)73-51(10,11)12)43(65)57-35(41(63)58-36)16-14-22-54-45(67)71-49(4,5)6/h17-20,25-26,34-37,60-61H,13-16,21-24,27-29H2,1-12H3,(H,52,62)(H,53,66)(H,54,67)(H,55,68)(H,56,64)(H,57,65)(H,58,63)(H,59,69)/t34-,35-,36-,37-/m0/s1. The molecule has 22 nitrogen and oxygen atoms in total. The van der Waals surface area contributed by atoms with Crippen LogP contribution in [0.2, 0.25) is 0 Å². The predicted molar refractivity (Wildman–Crippen MR) is 270 cm³/mol. The van der Waals surface area contributed by atoms with Crippen molar-refractivity contribution in [1.82, 2.24) is 42.5 Å². The molecule has 4 atom stereocenters. The molecular formula is C51H78N8O14. The summed E-state index contributed by atoms with van der Waals surface area (Å²) in [5.41, 5.74) is -1.72. The summed E-state index contributed by atoms with van der Waals surface area (Å²) in [7, 11) is 0. The largest absolute Gasteiger partial charge is 0.508 e. The van der Waals surface area contributed by atoms with Crippen LogP contribution in [0.3, 0.4) is 0 Å². The van der Waals surface area contributed by atoms with Gasteiger partial charge in [0.05, 0.1) is 0 Å². The Kier molecular flexibility index (Phi) is 22.0. The van der Waals surface area contributed by atoms with Crippen molar-refractivity contribution >= 4 is 48.0 Å². The zero-order valence-electron chi connectivity index (χ0n) is 44.3. The third-order valence-corrected chi connectivity index (χ3v) is 10.2. The molecule has 0 unspecified atom stereocenters. The van der Waals surface area contributed by atoms with E-state index in [0.717, 1.165) is 0 Å². The molecule has 1 aliphatic rings. The van der Waals surface area contributed by atoms with Gasteiger partial charge in [0.15, 0.2) is 0 Å². The number of phenols is 2. The highest BCUT2D eigenvalue weighted by Gasteiger charge is 2.33. The van der Waals surface area contributed by atoms with Gasteiger partial charge in [-0.05, 0) is 155 Å². The molecule has 22 heteroatoms. The summed E-state index contributed by atoms with van der Waals surface area (Å²) in [5, 5.41) is 43.7. The topological polar surface area (TPSA) is 310 Å². The van der Waals surface area contributed by atoms with Crippen molar-refractivity contribution in [1.29, 1.82) is 0 Å². The lowest BCUT2D eigenvalue weighted by Crippen LogP contribution is -2.58. The van der Waals surface area contributed by atoms with Gasteiger partial charge in [-0.15, -0.1) is 0 Å². The molecule has 2 aromatic rings. The second-order valence-electron chi connectivity index (χ2n) is 21.7. The number of ether oxygens (including phenoxy) is 4. The van der Waals surface area contributed by atoms with E-state index in [2.05, 4.69) is 42.5 Å². The van der Waals surface area contributed by atoms with Gasteiger partial charge >= 0.3 is 24.4 Å². The number of amides is 8. The van der Waals surface area contributed by atoms with Gasteiger partial charge in [-0.1, -0.05) is 12.1 Å². The van der Waals surface area contributed by atoms with E-state index in [1.54, 1.807) is 107 Å². The summed E-state index contributed by atoms with van der Waals surface area (Å²) in [6.07, 6.45) is -3.46. The Bertz CT molecular complexity index is 2260. The Labute approximate surface area is 427 Å². The average molecular weight is 1030 g/mol. The molecule has 1 aliphatic heterocycles. The van der Waals surface area contributed by atoms with Gasteiger partial charge in [0, 0.05) is 51.5 Å². The molecule has 73 heavy (non-hydrogen) atoms. The fourth-order valence-corrected chi connectivity index (χ4v) is 7.15. The molecular weight excluding hydrogens is 949 g/mol. The van der Waals surface area contributed by atoms with E-state index in [4.69, 9.17) is 18.9 Å². The number of nitrogens with one attached hydrogen (secondary N) is 8. The molecule has 0 fully saturated rings. The smallest absolute Gasteiger partial charge is 0.408 e. The molecule has 0 radical (unpaired) electrons. The Morgan fingerprint density at radius 2 is 1.04 bits per heavy atom. The van der Waals surface area contributed by atoms with Crippen LogP contribution in [0.15, 0.2) is 36.4 Å². The van der Waals surface area contributed by atoms with Crippen molar-refractivity contribution < 1.29 is 67.5 Å². The van der Waals surface area contributed by atoms with E-state index >= 15 is 0 Å². The van der Waals surface area contributed by atoms with Crippen molar-refractivity contribution in [3.63, 3.8) is 0 Å².